The molecule has 0 heterocycles. The van der Waals surface area contributed by atoms with Crippen LogP contribution in [0.25, 0.3) is 0 Å². The average molecular weight is 297 g/mol. The van der Waals surface area contributed by atoms with Crippen molar-refractivity contribution in [2.24, 2.45) is 11.8 Å². The van der Waals surface area contributed by atoms with E-state index in [2.05, 4.69) is 31.9 Å². The Hall–Kier alpha value is 1.54. The zero-order valence-corrected chi connectivity index (χ0v) is 9.26. The summed E-state index contributed by atoms with van der Waals surface area (Å²) in [4.78, 5) is 0. The van der Waals surface area contributed by atoms with Gasteiger partial charge in [0.1, 0.15) is 0 Å². The Morgan fingerprint density at radius 2 is 1.44 bits per heavy atom. The van der Waals surface area contributed by atoms with Crippen LogP contribution in [-0.4, -0.2) is 15.0 Å². The number of alkyl halides is 4. The molecule has 0 amide bonds. The predicted octanol–water partition coefficient (Wildman–Crippen LogP) is 3.20. The molecule has 0 unspecified atom stereocenters. The summed E-state index contributed by atoms with van der Waals surface area (Å²) >= 11 is 18.3. The van der Waals surface area contributed by atoms with Gasteiger partial charge in [0.15, 0.2) is 0 Å². The third-order valence-electron chi connectivity index (χ3n) is 1.70. The van der Waals surface area contributed by atoms with E-state index in [4.69, 9.17) is 23.2 Å². The summed E-state index contributed by atoms with van der Waals surface area (Å²) in [6.45, 7) is 0. The summed E-state index contributed by atoms with van der Waals surface area (Å²) in [5, 5.41) is 0. The van der Waals surface area contributed by atoms with E-state index in [1.165, 1.54) is 0 Å². The van der Waals surface area contributed by atoms with Crippen molar-refractivity contribution >= 4 is 55.1 Å². The van der Waals surface area contributed by atoms with Crippen molar-refractivity contribution in [1.29, 1.82) is 0 Å². The van der Waals surface area contributed by atoms with Crippen LogP contribution in [0.1, 0.15) is 0 Å². The van der Waals surface area contributed by atoms with Crippen LogP contribution in [-0.2, 0) is 0 Å². The third-order valence-corrected chi connectivity index (χ3v) is 4.72. The Morgan fingerprint density at radius 1 is 1.11 bits per heavy atom. The van der Waals surface area contributed by atoms with Crippen LogP contribution >= 0.6 is 55.1 Å². The van der Waals surface area contributed by atoms with Crippen LogP contribution in [0.5, 0.6) is 0 Å². The maximum absolute atomic E-state index is 5.64. The third kappa shape index (κ3) is 1.42. The van der Waals surface area contributed by atoms with E-state index >= 15 is 0 Å². The molecule has 0 nitrogen and oxygen atoms in total. The van der Waals surface area contributed by atoms with Crippen molar-refractivity contribution in [3.8, 4) is 0 Å². The standard InChI is InChI=1S/C5H6Br2Cl2/c6-5(7)3(1-8)4(5)2-9/h3-4H,1-2H2/t3-,4-/m1/s1. The minimum absolute atomic E-state index is 0.0451. The van der Waals surface area contributed by atoms with Crippen LogP contribution in [0.15, 0.2) is 0 Å². The molecule has 0 saturated heterocycles. The Balaban J connectivity index is 2.45. The number of halogens is 4. The Kier molecular flexibility index (Phi) is 2.76. The summed E-state index contributed by atoms with van der Waals surface area (Å²) < 4.78 is 0.0451. The van der Waals surface area contributed by atoms with E-state index in [9.17, 15) is 0 Å². The molecule has 1 aliphatic rings. The highest BCUT2D eigenvalue weighted by Gasteiger charge is 2.60. The lowest BCUT2D eigenvalue weighted by atomic mass is 10.4. The van der Waals surface area contributed by atoms with Crippen LogP contribution in [0, 0.1) is 11.8 Å². The summed E-state index contributed by atoms with van der Waals surface area (Å²) in [6.07, 6.45) is 0. The fraction of sp³-hybridized carbons (Fsp3) is 1.00. The molecule has 0 radical (unpaired) electrons. The zero-order chi connectivity index (χ0) is 7.07. The van der Waals surface area contributed by atoms with Gasteiger partial charge in [0.25, 0.3) is 0 Å². The molecular formula is C5H6Br2Cl2. The Morgan fingerprint density at radius 3 is 1.56 bits per heavy atom. The highest BCUT2D eigenvalue weighted by atomic mass is 79.9. The molecule has 0 aromatic rings. The number of hydrogen-bond donors (Lipinski definition) is 0. The van der Waals surface area contributed by atoms with E-state index in [0.717, 1.165) is 0 Å². The Labute approximate surface area is 81.5 Å². The van der Waals surface area contributed by atoms with Crippen LogP contribution in [0.2, 0.25) is 0 Å². The largest absolute Gasteiger partial charge is 0.126 e. The molecule has 1 rings (SSSR count). The summed E-state index contributed by atoms with van der Waals surface area (Å²) in [5.74, 6) is 2.34. The molecule has 1 aliphatic carbocycles. The monoisotopic (exact) mass is 294 g/mol. The topological polar surface area (TPSA) is 0 Å². The van der Waals surface area contributed by atoms with Gasteiger partial charge in [-0.05, 0) is 0 Å². The molecule has 0 aromatic carbocycles. The summed E-state index contributed by atoms with van der Waals surface area (Å²) in [5.41, 5.74) is 0. The van der Waals surface area contributed by atoms with E-state index in [1.807, 2.05) is 0 Å². The fourth-order valence-electron chi connectivity index (χ4n) is 0.881. The van der Waals surface area contributed by atoms with Gasteiger partial charge in [-0.2, -0.15) is 0 Å². The molecule has 1 fully saturated rings. The van der Waals surface area contributed by atoms with Gasteiger partial charge in [0.05, 0.1) is 3.23 Å². The first kappa shape index (κ1) is 8.63. The van der Waals surface area contributed by atoms with Crippen molar-refractivity contribution < 1.29 is 0 Å². The quantitative estimate of drug-likeness (QED) is 0.687. The fourth-order valence-corrected chi connectivity index (χ4v) is 4.20. The maximum atomic E-state index is 5.64. The van der Waals surface area contributed by atoms with Gasteiger partial charge in [-0.15, -0.1) is 23.2 Å². The van der Waals surface area contributed by atoms with Crippen LogP contribution < -0.4 is 0 Å². The van der Waals surface area contributed by atoms with Gasteiger partial charge < -0.3 is 0 Å². The van der Waals surface area contributed by atoms with E-state index in [-0.39, 0.29) is 3.23 Å². The highest BCUT2D eigenvalue weighted by Crippen LogP contribution is 2.62. The van der Waals surface area contributed by atoms with Gasteiger partial charge >= 0.3 is 0 Å². The number of hydrogen-bond acceptors (Lipinski definition) is 0. The first-order valence-corrected chi connectivity index (χ1v) is 5.29. The van der Waals surface area contributed by atoms with E-state index in [0.29, 0.717) is 23.6 Å². The second kappa shape index (κ2) is 2.88. The lowest BCUT2D eigenvalue weighted by Crippen LogP contribution is -1.88. The molecule has 9 heavy (non-hydrogen) atoms. The Bertz CT molecular complexity index is 104. The lowest BCUT2D eigenvalue weighted by molar-refractivity contribution is 0.848. The van der Waals surface area contributed by atoms with Crippen LogP contribution in [0.4, 0.5) is 0 Å². The molecule has 0 aliphatic heterocycles. The SMILES string of the molecule is ClC[C@@H]1[C@@H](CCl)C1(Br)Br. The average Bonchev–Trinajstić information content (AvgIpc) is 2.32. The van der Waals surface area contributed by atoms with Crippen molar-refractivity contribution in [2.45, 2.75) is 3.23 Å². The highest BCUT2D eigenvalue weighted by molar-refractivity contribution is 9.25. The molecule has 0 spiro atoms. The zero-order valence-electron chi connectivity index (χ0n) is 4.58. The first-order chi connectivity index (χ1) is 4.14. The molecule has 0 aromatic heterocycles. The van der Waals surface area contributed by atoms with Crippen molar-refractivity contribution in [1.82, 2.24) is 0 Å². The first-order valence-electron chi connectivity index (χ1n) is 2.64. The molecule has 4 heteroatoms. The van der Waals surface area contributed by atoms with Gasteiger partial charge in [0, 0.05) is 23.6 Å². The van der Waals surface area contributed by atoms with Gasteiger partial charge in [0.2, 0.25) is 0 Å². The molecular weight excluding hydrogens is 291 g/mol. The normalized spacial score (nSPS) is 38.7. The minimum atomic E-state index is 0.0451. The van der Waals surface area contributed by atoms with Gasteiger partial charge in [-0.25, -0.2) is 0 Å². The lowest BCUT2D eigenvalue weighted by Gasteiger charge is -1.91. The van der Waals surface area contributed by atoms with E-state index < -0.39 is 0 Å². The summed E-state index contributed by atoms with van der Waals surface area (Å²) in [6, 6.07) is 0. The second-order valence-electron chi connectivity index (χ2n) is 2.20. The molecule has 2 atom stereocenters. The smallest absolute Gasteiger partial charge is 0.0892 e. The number of rotatable bonds is 2. The molecule has 0 N–H and O–H groups in total. The molecule has 54 valence electrons. The van der Waals surface area contributed by atoms with Gasteiger partial charge in [-0.1, -0.05) is 31.9 Å². The van der Waals surface area contributed by atoms with E-state index in [1.54, 1.807) is 0 Å². The second-order valence-corrected chi connectivity index (χ2v) is 6.50. The molecule has 0 bridgehead atoms. The van der Waals surface area contributed by atoms with Crippen molar-refractivity contribution in [2.75, 3.05) is 11.8 Å². The van der Waals surface area contributed by atoms with Crippen molar-refractivity contribution in [3.05, 3.63) is 0 Å². The maximum Gasteiger partial charge on any atom is 0.0892 e. The van der Waals surface area contributed by atoms with Gasteiger partial charge in [-0.3, -0.25) is 0 Å². The van der Waals surface area contributed by atoms with Crippen molar-refractivity contribution in [3.63, 3.8) is 0 Å². The predicted molar refractivity (Wildman–Crippen MR) is 49.0 cm³/mol. The summed E-state index contributed by atoms with van der Waals surface area (Å²) in [7, 11) is 0. The van der Waals surface area contributed by atoms with Crippen LogP contribution in [0.3, 0.4) is 0 Å². The molecule has 1 saturated carbocycles. The minimum Gasteiger partial charge on any atom is -0.126 e.